The standard InChI is InChI=1S/C18H17Cl2N3O2S/c1-12-3-4-13(2)17(9-12)26(24,25)22-18-7-8-23(21-18)11-14-5-6-15(19)10-16(14)20/h3-10H,11H2,1-2H3,(H,21,22). The summed E-state index contributed by atoms with van der Waals surface area (Å²) in [6, 6.07) is 12.1. The maximum atomic E-state index is 12.6. The Balaban J connectivity index is 1.80. The van der Waals surface area contributed by atoms with Crippen molar-refractivity contribution in [3.05, 3.63) is 75.4 Å². The predicted molar refractivity (Wildman–Crippen MR) is 105 cm³/mol. The zero-order chi connectivity index (χ0) is 18.9. The molecule has 8 heteroatoms. The number of rotatable bonds is 5. The molecule has 2 aromatic carbocycles. The first kappa shape index (κ1) is 18.8. The van der Waals surface area contributed by atoms with Crippen LogP contribution in [0, 0.1) is 13.8 Å². The number of nitrogens with one attached hydrogen (secondary N) is 1. The van der Waals surface area contributed by atoms with Crippen LogP contribution in [0.1, 0.15) is 16.7 Å². The summed E-state index contributed by atoms with van der Waals surface area (Å²) >= 11 is 12.1. The van der Waals surface area contributed by atoms with Gasteiger partial charge in [0.1, 0.15) is 0 Å². The second kappa shape index (κ2) is 7.31. The highest BCUT2D eigenvalue weighted by molar-refractivity contribution is 7.92. The number of halogens is 2. The van der Waals surface area contributed by atoms with Gasteiger partial charge in [0.15, 0.2) is 5.82 Å². The molecule has 5 nitrogen and oxygen atoms in total. The summed E-state index contributed by atoms with van der Waals surface area (Å²) < 4.78 is 29.4. The number of aromatic nitrogens is 2. The summed E-state index contributed by atoms with van der Waals surface area (Å²) in [6.45, 7) is 4.01. The van der Waals surface area contributed by atoms with Crippen LogP contribution in [0.4, 0.5) is 5.82 Å². The van der Waals surface area contributed by atoms with Gasteiger partial charge in [0.25, 0.3) is 10.0 Å². The van der Waals surface area contributed by atoms with E-state index >= 15 is 0 Å². The molecule has 136 valence electrons. The maximum absolute atomic E-state index is 12.6. The molecule has 26 heavy (non-hydrogen) atoms. The molecule has 0 saturated carbocycles. The highest BCUT2D eigenvalue weighted by Crippen LogP contribution is 2.23. The van der Waals surface area contributed by atoms with E-state index in [1.165, 1.54) is 0 Å². The van der Waals surface area contributed by atoms with Crippen molar-refractivity contribution in [1.82, 2.24) is 9.78 Å². The lowest BCUT2D eigenvalue weighted by molar-refractivity contribution is 0.600. The normalized spacial score (nSPS) is 11.5. The molecule has 0 radical (unpaired) electrons. The third-order valence-corrected chi connectivity index (χ3v) is 5.94. The van der Waals surface area contributed by atoms with Gasteiger partial charge in [-0.25, -0.2) is 8.42 Å². The van der Waals surface area contributed by atoms with Crippen molar-refractivity contribution < 1.29 is 8.42 Å². The average molecular weight is 410 g/mol. The molecule has 0 unspecified atom stereocenters. The van der Waals surface area contributed by atoms with Crippen molar-refractivity contribution in [2.24, 2.45) is 0 Å². The lowest BCUT2D eigenvalue weighted by atomic mass is 10.2. The Labute approximate surface area is 162 Å². The SMILES string of the molecule is Cc1ccc(C)c(S(=O)(=O)Nc2ccn(Cc3ccc(Cl)cc3Cl)n2)c1. The fourth-order valence-corrected chi connectivity index (χ4v) is 4.31. The Morgan fingerprint density at radius 3 is 2.58 bits per heavy atom. The number of benzene rings is 2. The number of sulfonamides is 1. The fraction of sp³-hybridized carbons (Fsp3) is 0.167. The van der Waals surface area contributed by atoms with Gasteiger partial charge in [-0.3, -0.25) is 9.40 Å². The molecule has 0 amide bonds. The van der Waals surface area contributed by atoms with Gasteiger partial charge in [-0.05, 0) is 48.7 Å². The first-order valence-electron chi connectivity index (χ1n) is 7.82. The van der Waals surface area contributed by atoms with Gasteiger partial charge < -0.3 is 0 Å². The number of hydrogen-bond acceptors (Lipinski definition) is 3. The molecular formula is C18H17Cl2N3O2S. The Morgan fingerprint density at radius 1 is 1.08 bits per heavy atom. The Bertz CT molecular complexity index is 1060. The molecule has 0 atom stereocenters. The summed E-state index contributed by atoms with van der Waals surface area (Å²) in [6.07, 6.45) is 1.69. The molecule has 0 bridgehead atoms. The lowest BCUT2D eigenvalue weighted by Crippen LogP contribution is -2.15. The first-order chi connectivity index (χ1) is 12.2. The second-order valence-electron chi connectivity index (χ2n) is 6.01. The molecule has 0 saturated heterocycles. The van der Waals surface area contributed by atoms with Gasteiger partial charge >= 0.3 is 0 Å². The van der Waals surface area contributed by atoms with E-state index in [0.29, 0.717) is 22.2 Å². The van der Waals surface area contributed by atoms with Crippen LogP contribution in [0.15, 0.2) is 53.6 Å². The van der Waals surface area contributed by atoms with Gasteiger partial charge in [0, 0.05) is 22.3 Å². The zero-order valence-corrected chi connectivity index (χ0v) is 16.5. The first-order valence-corrected chi connectivity index (χ1v) is 10.1. The Morgan fingerprint density at radius 2 is 1.85 bits per heavy atom. The predicted octanol–water partition coefficient (Wildman–Crippen LogP) is 4.66. The topological polar surface area (TPSA) is 64.0 Å². The van der Waals surface area contributed by atoms with E-state index in [9.17, 15) is 8.42 Å². The molecule has 0 aliphatic heterocycles. The van der Waals surface area contributed by atoms with Crippen molar-refractivity contribution in [1.29, 1.82) is 0 Å². The zero-order valence-electron chi connectivity index (χ0n) is 14.2. The van der Waals surface area contributed by atoms with Gasteiger partial charge in [0.2, 0.25) is 0 Å². The van der Waals surface area contributed by atoms with Crippen molar-refractivity contribution in [3.8, 4) is 0 Å². The maximum Gasteiger partial charge on any atom is 0.263 e. The molecular weight excluding hydrogens is 393 g/mol. The van der Waals surface area contributed by atoms with Crippen LogP contribution in [0.3, 0.4) is 0 Å². The van der Waals surface area contributed by atoms with E-state index in [-0.39, 0.29) is 10.7 Å². The van der Waals surface area contributed by atoms with Crippen molar-refractivity contribution >= 4 is 39.0 Å². The van der Waals surface area contributed by atoms with Crippen molar-refractivity contribution in [2.75, 3.05) is 4.72 Å². The molecule has 1 heterocycles. The number of nitrogens with zero attached hydrogens (tertiary/aromatic N) is 2. The highest BCUT2D eigenvalue weighted by Gasteiger charge is 2.18. The van der Waals surface area contributed by atoms with Crippen LogP contribution in [0.25, 0.3) is 0 Å². The third-order valence-electron chi connectivity index (χ3n) is 3.86. The highest BCUT2D eigenvalue weighted by atomic mass is 35.5. The lowest BCUT2D eigenvalue weighted by Gasteiger charge is -2.09. The van der Waals surface area contributed by atoms with E-state index in [4.69, 9.17) is 23.2 Å². The Hall–Kier alpha value is -2.02. The molecule has 0 fully saturated rings. The fourth-order valence-electron chi connectivity index (χ4n) is 2.52. The van der Waals surface area contributed by atoms with Gasteiger partial charge in [-0.2, -0.15) is 5.10 Å². The monoisotopic (exact) mass is 409 g/mol. The van der Waals surface area contributed by atoms with E-state index in [1.54, 1.807) is 48.1 Å². The summed E-state index contributed by atoms with van der Waals surface area (Å²) in [5, 5.41) is 5.36. The molecule has 0 spiro atoms. The Kier molecular flexibility index (Phi) is 5.27. The van der Waals surface area contributed by atoms with Crippen LogP contribution in [0.2, 0.25) is 10.0 Å². The summed E-state index contributed by atoms with van der Waals surface area (Å²) in [5.74, 6) is 0.246. The molecule has 3 rings (SSSR count). The van der Waals surface area contributed by atoms with Gasteiger partial charge in [-0.1, -0.05) is 41.4 Å². The minimum atomic E-state index is -3.71. The van der Waals surface area contributed by atoms with Crippen molar-refractivity contribution in [3.63, 3.8) is 0 Å². The van der Waals surface area contributed by atoms with Crippen molar-refractivity contribution in [2.45, 2.75) is 25.3 Å². The minimum Gasteiger partial charge on any atom is -0.266 e. The van der Waals surface area contributed by atoms with E-state index in [2.05, 4.69) is 9.82 Å². The molecule has 1 aromatic heterocycles. The minimum absolute atomic E-state index is 0.243. The second-order valence-corrected chi connectivity index (χ2v) is 8.50. The van der Waals surface area contributed by atoms with Crippen LogP contribution >= 0.6 is 23.2 Å². The van der Waals surface area contributed by atoms with Crippen LogP contribution < -0.4 is 4.72 Å². The van der Waals surface area contributed by atoms with E-state index < -0.39 is 10.0 Å². The molecule has 0 aliphatic rings. The summed E-state index contributed by atoms with van der Waals surface area (Å²) in [4.78, 5) is 0.243. The molecule has 0 aliphatic carbocycles. The van der Waals surface area contributed by atoms with Crippen LogP contribution in [-0.4, -0.2) is 18.2 Å². The summed E-state index contributed by atoms with van der Waals surface area (Å²) in [7, 11) is -3.71. The molecule has 3 aromatic rings. The van der Waals surface area contributed by atoms with Crippen LogP contribution in [0.5, 0.6) is 0 Å². The molecule has 1 N–H and O–H groups in total. The van der Waals surface area contributed by atoms with E-state index in [0.717, 1.165) is 11.1 Å². The number of aryl methyl sites for hydroxylation is 2. The number of anilines is 1. The summed E-state index contributed by atoms with van der Waals surface area (Å²) in [5.41, 5.74) is 2.39. The van der Waals surface area contributed by atoms with Gasteiger partial charge in [0.05, 0.1) is 11.4 Å². The third kappa shape index (κ3) is 4.20. The van der Waals surface area contributed by atoms with Crippen LogP contribution in [-0.2, 0) is 16.6 Å². The van der Waals surface area contributed by atoms with E-state index in [1.807, 2.05) is 19.1 Å². The number of hydrogen-bond donors (Lipinski definition) is 1. The smallest absolute Gasteiger partial charge is 0.263 e. The van der Waals surface area contributed by atoms with Gasteiger partial charge in [-0.15, -0.1) is 0 Å². The largest absolute Gasteiger partial charge is 0.266 e. The average Bonchev–Trinajstić information content (AvgIpc) is 2.98. The quantitative estimate of drug-likeness (QED) is 0.666.